The molecule has 4 nitrogen and oxygen atoms in total. The highest BCUT2D eigenvalue weighted by Crippen LogP contribution is 2.22. The van der Waals surface area contributed by atoms with Crippen molar-refractivity contribution in [2.45, 2.75) is 90.8 Å². The molecule has 4 heteroatoms. The normalized spacial score (nSPS) is 22.4. The summed E-state index contributed by atoms with van der Waals surface area (Å²) >= 11 is 0. The van der Waals surface area contributed by atoms with Gasteiger partial charge in [0.05, 0.1) is 6.04 Å². The predicted octanol–water partition coefficient (Wildman–Crippen LogP) is 2.90. The molecule has 1 rings (SSSR count). The third-order valence-corrected chi connectivity index (χ3v) is 4.67. The second-order valence-corrected chi connectivity index (χ2v) is 7.05. The van der Waals surface area contributed by atoms with Crippen molar-refractivity contribution < 1.29 is 9.59 Å². The van der Waals surface area contributed by atoms with E-state index in [9.17, 15) is 9.59 Å². The maximum absolute atomic E-state index is 12.5. The summed E-state index contributed by atoms with van der Waals surface area (Å²) in [6, 6.07) is 0.0498. The van der Waals surface area contributed by atoms with Crippen LogP contribution in [0.3, 0.4) is 0 Å². The monoisotopic (exact) mass is 296 g/mol. The topological polar surface area (TPSA) is 49.4 Å². The molecule has 0 aromatic carbocycles. The molecule has 1 amide bonds. The average molecular weight is 296 g/mol. The molecule has 1 fully saturated rings. The minimum atomic E-state index is -0.173. The van der Waals surface area contributed by atoms with E-state index >= 15 is 0 Å². The lowest BCUT2D eigenvalue weighted by Gasteiger charge is -2.36. The van der Waals surface area contributed by atoms with Crippen LogP contribution >= 0.6 is 0 Å². The number of ketones is 1. The van der Waals surface area contributed by atoms with Crippen molar-refractivity contribution in [3.8, 4) is 0 Å². The minimum absolute atomic E-state index is 0.0808. The third-order valence-electron chi connectivity index (χ3n) is 4.67. The van der Waals surface area contributed by atoms with E-state index in [1.165, 1.54) is 6.42 Å². The molecular weight excluding hydrogens is 264 g/mol. The SMILES string of the molecule is CCC(C)(C)NC(=O)C(C)N1CCCCCC1CC(C)=O. The number of carbonyl (C=O) groups excluding carboxylic acids is 2. The number of hydrogen-bond donors (Lipinski definition) is 1. The quantitative estimate of drug-likeness (QED) is 0.820. The number of carbonyl (C=O) groups is 2. The first-order chi connectivity index (χ1) is 9.76. The second kappa shape index (κ2) is 7.92. The van der Waals surface area contributed by atoms with Crippen LogP contribution < -0.4 is 5.32 Å². The number of nitrogens with zero attached hydrogens (tertiary/aromatic N) is 1. The Labute approximate surface area is 129 Å². The number of nitrogens with one attached hydrogen (secondary N) is 1. The summed E-state index contributed by atoms with van der Waals surface area (Å²) in [4.78, 5) is 26.3. The van der Waals surface area contributed by atoms with Crippen LogP contribution in [0.5, 0.6) is 0 Å². The summed E-state index contributed by atoms with van der Waals surface area (Å²) in [5, 5.41) is 3.13. The van der Waals surface area contributed by atoms with Gasteiger partial charge in [0.25, 0.3) is 0 Å². The van der Waals surface area contributed by atoms with Gasteiger partial charge in [0.2, 0.25) is 5.91 Å². The van der Waals surface area contributed by atoms with Gasteiger partial charge in [-0.2, -0.15) is 0 Å². The summed E-state index contributed by atoms with van der Waals surface area (Å²) in [7, 11) is 0. The van der Waals surface area contributed by atoms with Gasteiger partial charge in [0.15, 0.2) is 0 Å². The predicted molar refractivity (Wildman–Crippen MR) is 86.2 cm³/mol. The van der Waals surface area contributed by atoms with Gasteiger partial charge in [0, 0.05) is 18.0 Å². The molecular formula is C17H32N2O2. The first-order valence-corrected chi connectivity index (χ1v) is 8.34. The lowest BCUT2D eigenvalue weighted by Crippen LogP contribution is -2.54. The summed E-state index contributed by atoms with van der Waals surface area (Å²) in [5.41, 5.74) is -0.173. The third kappa shape index (κ3) is 5.77. The van der Waals surface area contributed by atoms with Crippen molar-refractivity contribution in [1.82, 2.24) is 10.2 Å². The van der Waals surface area contributed by atoms with Gasteiger partial charge in [-0.05, 0) is 53.5 Å². The molecule has 21 heavy (non-hydrogen) atoms. The number of Topliss-reactive ketones (excluding diaryl/α,β-unsaturated/α-hetero) is 1. The molecule has 122 valence electrons. The Morgan fingerprint density at radius 2 is 1.95 bits per heavy atom. The van der Waals surface area contributed by atoms with Crippen LogP contribution in [0.4, 0.5) is 0 Å². The van der Waals surface area contributed by atoms with E-state index in [4.69, 9.17) is 0 Å². The van der Waals surface area contributed by atoms with Crippen LogP contribution in [-0.4, -0.2) is 40.8 Å². The van der Waals surface area contributed by atoms with Gasteiger partial charge >= 0.3 is 0 Å². The molecule has 0 radical (unpaired) electrons. The van der Waals surface area contributed by atoms with E-state index in [0.717, 1.165) is 32.2 Å². The van der Waals surface area contributed by atoms with E-state index in [1.54, 1.807) is 6.92 Å². The Balaban J connectivity index is 2.76. The summed E-state index contributed by atoms with van der Waals surface area (Å²) < 4.78 is 0. The van der Waals surface area contributed by atoms with Gasteiger partial charge in [0.1, 0.15) is 5.78 Å². The second-order valence-electron chi connectivity index (χ2n) is 7.05. The fourth-order valence-corrected chi connectivity index (χ4v) is 2.94. The molecule has 0 aliphatic carbocycles. The van der Waals surface area contributed by atoms with E-state index in [2.05, 4.69) is 17.1 Å². The van der Waals surface area contributed by atoms with Crippen molar-refractivity contribution in [2.75, 3.05) is 6.54 Å². The van der Waals surface area contributed by atoms with Crippen LogP contribution in [0, 0.1) is 0 Å². The molecule has 0 saturated carbocycles. The van der Waals surface area contributed by atoms with E-state index in [1.807, 2.05) is 20.8 Å². The molecule has 1 aliphatic heterocycles. The van der Waals surface area contributed by atoms with Gasteiger partial charge in [-0.25, -0.2) is 0 Å². The molecule has 2 atom stereocenters. The lowest BCUT2D eigenvalue weighted by molar-refractivity contribution is -0.129. The molecule has 2 unspecified atom stereocenters. The first kappa shape index (κ1) is 18.1. The van der Waals surface area contributed by atoms with E-state index in [0.29, 0.717) is 6.42 Å². The van der Waals surface area contributed by atoms with Crippen molar-refractivity contribution in [2.24, 2.45) is 0 Å². The lowest BCUT2D eigenvalue weighted by atomic mass is 10.00. The highest BCUT2D eigenvalue weighted by molar-refractivity contribution is 5.82. The summed E-state index contributed by atoms with van der Waals surface area (Å²) in [6.07, 6.45) is 5.96. The van der Waals surface area contributed by atoms with Gasteiger partial charge < -0.3 is 5.32 Å². The van der Waals surface area contributed by atoms with Crippen molar-refractivity contribution >= 4 is 11.7 Å². The van der Waals surface area contributed by atoms with Crippen molar-refractivity contribution in [3.05, 3.63) is 0 Å². The standard InChI is InChI=1S/C17H32N2O2/c1-6-17(4,5)18-16(21)14(3)19-11-9-7-8-10-15(19)12-13(2)20/h14-15H,6-12H2,1-5H3,(H,18,21). The molecule has 0 aromatic rings. The molecule has 1 aliphatic rings. The molecule has 0 bridgehead atoms. The van der Waals surface area contributed by atoms with Crippen LogP contribution in [0.2, 0.25) is 0 Å². The minimum Gasteiger partial charge on any atom is -0.350 e. The zero-order chi connectivity index (χ0) is 16.0. The zero-order valence-electron chi connectivity index (χ0n) is 14.4. The maximum Gasteiger partial charge on any atom is 0.237 e. The fourth-order valence-electron chi connectivity index (χ4n) is 2.94. The number of rotatable bonds is 6. The van der Waals surface area contributed by atoms with Crippen molar-refractivity contribution in [1.29, 1.82) is 0 Å². The highest BCUT2D eigenvalue weighted by atomic mass is 16.2. The molecule has 1 N–H and O–H groups in total. The number of amides is 1. The first-order valence-electron chi connectivity index (χ1n) is 8.34. The van der Waals surface area contributed by atoms with Crippen LogP contribution in [0.15, 0.2) is 0 Å². The smallest absolute Gasteiger partial charge is 0.237 e. The molecule has 1 heterocycles. The van der Waals surface area contributed by atoms with E-state index < -0.39 is 0 Å². The Morgan fingerprint density at radius 1 is 1.29 bits per heavy atom. The molecule has 1 saturated heterocycles. The fraction of sp³-hybridized carbons (Fsp3) is 0.882. The van der Waals surface area contributed by atoms with Crippen LogP contribution in [-0.2, 0) is 9.59 Å². The number of likely N-dealkylation sites (tertiary alicyclic amines) is 1. The Bertz CT molecular complexity index is 366. The van der Waals surface area contributed by atoms with Crippen LogP contribution in [0.1, 0.15) is 73.1 Å². The average Bonchev–Trinajstić information content (AvgIpc) is 2.62. The van der Waals surface area contributed by atoms with Crippen molar-refractivity contribution in [3.63, 3.8) is 0 Å². The maximum atomic E-state index is 12.5. The van der Waals surface area contributed by atoms with Crippen LogP contribution in [0.25, 0.3) is 0 Å². The van der Waals surface area contributed by atoms with Gasteiger partial charge in [-0.15, -0.1) is 0 Å². The zero-order valence-corrected chi connectivity index (χ0v) is 14.4. The Hall–Kier alpha value is -0.900. The number of hydrogen-bond acceptors (Lipinski definition) is 3. The summed E-state index contributed by atoms with van der Waals surface area (Å²) in [6.45, 7) is 10.7. The molecule has 0 spiro atoms. The molecule has 0 aromatic heterocycles. The Kier molecular flexibility index (Phi) is 6.85. The largest absolute Gasteiger partial charge is 0.350 e. The van der Waals surface area contributed by atoms with Gasteiger partial charge in [-0.1, -0.05) is 19.8 Å². The van der Waals surface area contributed by atoms with Gasteiger partial charge in [-0.3, -0.25) is 14.5 Å². The summed E-state index contributed by atoms with van der Waals surface area (Å²) in [5.74, 6) is 0.297. The highest BCUT2D eigenvalue weighted by Gasteiger charge is 2.31. The van der Waals surface area contributed by atoms with E-state index in [-0.39, 0.29) is 29.3 Å². The Morgan fingerprint density at radius 3 is 2.52 bits per heavy atom.